The summed E-state index contributed by atoms with van der Waals surface area (Å²) in [7, 11) is 0. The first kappa shape index (κ1) is 20.0. The molecule has 3 rings (SSSR count). The van der Waals surface area contributed by atoms with Crippen LogP contribution in [0.3, 0.4) is 0 Å². The monoisotopic (exact) mass is 407 g/mol. The number of carbonyl (C=O) groups excluding carboxylic acids is 1. The minimum atomic E-state index is -0.0752. The number of nitrogens with one attached hydrogen (secondary N) is 2. The summed E-state index contributed by atoms with van der Waals surface area (Å²) in [6, 6.07) is 13.7. The van der Waals surface area contributed by atoms with Gasteiger partial charge in [0, 0.05) is 34.5 Å². The van der Waals surface area contributed by atoms with Crippen molar-refractivity contribution in [1.29, 1.82) is 0 Å². The van der Waals surface area contributed by atoms with Gasteiger partial charge < -0.3 is 15.0 Å². The van der Waals surface area contributed by atoms with Gasteiger partial charge in [0.1, 0.15) is 12.3 Å². The first-order valence-electron chi connectivity index (χ1n) is 9.26. The van der Waals surface area contributed by atoms with Crippen LogP contribution < -0.4 is 15.0 Å². The molecular weight excluding hydrogens is 383 g/mol. The molecule has 1 aliphatic rings. The number of likely N-dealkylation sites (tertiary alicyclic amines) is 1. The number of halogens is 2. The molecule has 1 saturated heterocycles. The van der Waals surface area contributed by atoms with Crippen LogP contribution in [0.5, 0.6) is 5.75 Å². The fraction of sp³-hybridized carbons (Fsp3) is 0.381. The highest BCUT2D eigenvalue weighted by molar-refractivity contribution is 6.31. The molecule has 0 spiro atoms. The Balaban J connectivity index is 1.38. The topological polar surface area (TPSA) is 42.8 Å². The van der Waals surface area contributed by atoms with Gasteiger partial charge in [-0.2, -0.15) is 0 Å². The zero-order valence-corrected chi connectivity index (χ0v) is 16.9. The van der Waals surface area contributed by atoms with Crippen LogP contribution in [0.1, 0.15) is 24.0 Å². The highest BCUT2D eigenvalue weighted by Crippen LogP contribution is 2.20. The molecule has 0 radical (unpaired) electrons. The van der Waals surface area contributed by atoms with Gasteiger partial charge in [-0.3, -0.25) is 4.79 Å². The molecule has 2 aromatic carbocycles. The lowest BCUT2D eigenvalue weighted by molar-refractivity contribution is -0.918. The van der Waals surface area contributed by atoms with Crippen LogP contribution in [-0.4, -0.2) is 31.6 Å². The van der Waals surface area contributed by atoms with E-state index >= 15 is 0 Å². The van der Waals surface area contributed by atoms with E-state index in [0.717, 1.165) is 43.1 Å². The number of ether oxygens (including phenoxy) is 1. The molecule has 4 nitrogen and oxygen atoms in total. The summed E-state index contributed by atoms with van der Waals surface area (Å²) in [6.07, 6.45) is 1.96. The van der Waals surface area contributed by atoms with E-state index < -0.39 is 0 Å². The summed E-state index contributed by atoms with van der Waals surface area (Å²) in [5, 5.41) is 4.55. The van der Waals surface area contributed by atoms with E-state index in [0.29, 0.717) is 10.8 Å². The molecule has 0 unspecified atom stereocenters. The molecule has 144 valence electrons. The zero-order chi connectivity index (χ0) is 19.2. The quantitative estimate of drug-likeness (QED) is 0.772. The molecule has 0 saturated carbocycles. The van der Waals surface area contributed by atoms with Crippen LogP contribution in [0.15, 0.2) is 42.5 Å². The van der Waals surface area contributed by atoms with E-state index in [1.165, 1.54) is 10.5 Å². The summed E-state index contributed by atoms with van der Waals surface area (Å²) in [4.78, 5) is 13.7. The van der Waals surface area contributed by atoms with E-state index in [4.69, 9.17) is 27.9 Å². The number of piperidine rings is 1. The van der Waals surface area contributed by atoms with E-state index in [1.807, 2.05) is 25.1 Å². The molecule has 0 aliphatic carbocycles. The fourth-order valence-electron chi connectivity index (χ4n) is 3.36. The van der Waals surface area contributed by atoms with E-state index in [-0.39, 0.29) is 18.6 Å². The van der Waals surface area contributed by atoms with Crippen LogP contribution in [0, 0.1) is 6.92 Å². The van der Waals surface area contributed by atoms with Gasteiger partial charge in [-0.25, -0.2) is 0 Å². The standard InChI is InChI=1S/C21H24Cl2N2O2/c1-15-12-19(6-7-20(15)23)27-14-21(26)24-18-8-10-25(11-9-18)13-16-2-4-17(22)5-3-16/h2-7,12,18H,8-11,13-14H2,1H3,(H,24,26)/p+1. The number of hydrogen-bond donors (Lipinski definition) is 2. The normalized spacial score (nSPS) is 19.5. The summed E-state index contributed by atoms with van der Waals surface area (Å²) in [6.45, 7) is 5.03. The van der Waals surface area contributed by atoms with Gasteiger partial charge in [0.05, 0.1) is 13.1 Å². The molecule has 2 N–H and O–H groups in total. The average Bonchev–Trinajstić information content (AvgIpc) is 2.66. The minimum Gasteiger partial charge on any atom is -0.484 e. The summed E-state index contributed by atoms with van der Waals surface area (Å²) < 4.78 is 5.57. The number of quaternary nitrogens is 1. The molecule has 0 atom stereocenters. The zero-order valence-electron chi connectivity index (χ0n) is 15.4. The summed E-state index contributed by atoms with van der Waals surface area (Å²) >= 11 is 11.9. The summed E-state index contributed by atoms with van der Waals surface area (Å²) in [5.41, 5.74) is 2.23. The van der Waals surface area contributed by atoms with Crippen molar-refractivity contribution in [3.8, 4) is 5.75 Å². The van der Waals surface area contributed by atoms with Crippen molar-refractivity contribution in [2.45, 2.75) is 32.4 Å². The Morgan fingerprint density at radius 3 is 2.52 bits per heavy atom. The Bertz CT molecular complexity index is 772. The van der Waals surface area contributed by atoms with Crippen LogP contribution in [-0.2, 0) is 11.3 Å². The lowest BCUT2D eigenvalue weighted by atomic mass is 10.0. The van der Waals surface area contributed by atoms with Gasteiger partial charge in [-0.1, -0.05) is 35.3 Å². The van der Waals surface area contributed by atoms with Crippen molar-refractivity contribution >= 4 is 29.1 Å². The number of aryl methyl sites for hydroxylation is 1. The maximum absolute atomic E-state index is 12.2. The number of benzene rings is 2. The van der Waals surface area contributed by atoms with E-state index in [9.17, 15) is 4.79 Å². The van der Waals surface area contributed by atoms with Crippen molar-refractivity contribution < 1.29 is 14.4 Å². The SMILES string of the molecule is Cc1cc(OCC(=O)NC2CC[NH+](Cc3ccc(Cl)cc3)CC2)ccc1Cl. The lowest BCUT2D eigenvalue weighted by Gasteiger charge is -2.29. The highest BCUT2D eigenvalue weighted by Gasteiger charge is 2.23. The molecule has 0 bridgehead atoms. The fourth-order valence-corrected chi connectivity index (χ4v) is 3.61. The predicted molar refractivity (Wildman–Crippen MR) is 109 cm³/mol. The molecule has 1 heterocycles. The molecule has 1 amide bonds. The minimum absolute atomic E-state index is 0.0267. The number of hydrogen-bond acceptors (Lipinski definition) is 2. The Hall–Kier alpha value is -1.75. The third-order valence-corrected chi connectivity index (χ3v) is 5.60. The van der Waals surface area contributed by atoms with Gasteiger partial charge >= 0.3 is 0 Å². The second kappa shape index (κ2) is 9.45. The van der Waals surface area contributed by atoms with E-state index in [2.05, 4.69) is 17.4 Å². The molecule has 0 aromatic heterocycles. The van der Waals surface area contributed by atoms with Crippen LogP contribution >= 0.6 is 23.2 Å². The molecular formula is C21H25Cl2N2O2+. The molecule has 1 fully saturated rings. The maximum Gasteiger partial charge on any atom is 0.258 e. The molecule has 6 heteroatoms. The van der Waals surface area contributed by atoms with Gasteiger partial charge in [0.2, 0.25) is 0 Å². The Morgan fingerprint density at radius 2 is 1.85 bits per heavy atom. The van der Waals surface area contributed by atoms with Crippen molar-refractivity contribution in [3.05, 3.63) is 63.6 Å². The Labute approximate surface area is 170 Å². The van der Waals surface area contributed by atoms with Gasteiger partial charge in [0.25, 0.3) is 5.91 Å². The first-order chi connectivity index (χ1) is 13.0. The van der Waals surface area contributed by atoms with Gasteiger partial charge in [0.15, 0.2) is 6.61 Å². The molecule has 27 heavy (non-hydrogen) atoms. The van der Waals surface area contributed by atoms with Crippen molar-refractivity contribution in [2.24, 2.45) is 0 Å². The predicted octanol–water partition coefficient (Wildman–Crippen LogP) is 3.04. The summed E-state index contributed by atoms with van der Waals surface area (Å²) in [5.74, 6) is 0.586. The number of amides is 1. The van der Waals surface area contributed by atoms with E-state index in [1.54, 1.807) is 12.1 Å². The largest absolute Gasteiger partial charge is 0.484 e. The van der Waals surface area contributed by atoms with Crippen LogP contribution in [0.4, 0.5) is 0 Å². The second-order valence-corrected chi connectivity index (χ2v) is 7.94. The number of carbonyl (C=O) groups is 1. The third-order valence-electron chi connectivity index (χ3n) is 4.92. The smallest absolute Gasteiger partial charge is 0.258 e. The van der Waals surface area contributed by atoms with Crippen molar-refractivity contribution in [2.75, 3.05) is 19.7 Å². The average molecular weight is 408 g/mol. The third kappa shape index (κ3) is 6.13. The van der Waals surface area contributed by atoms with Crippen LogP contribution in [0.2, 0.25) is 10.0 Å². The second-order valence-electron chi connectivity index (χ2n) is 7.09. The lowest BCUT2D eigenvalue weighted by Crippen LogP contribution is -3.12. The first-order valence-corrected chi connectivity index (χ1v) is 10.0. The molecule has 1 aliphatic heterocycles. The highest BCUT2D eigenvalue weighted by atomic mass is 35.5. The number of rotatable bonds is 6. The maximum atomic E-state index is 12.2. The van der Waals surface area contributed by atoms with Gasteiger partial charge in [-0.05, 0) is 42.8 Å². The van der Waals surface area contributed by atoms with Crippen LogP contribution in [0.25, 0.3) is 0 Å². The van der Waals surface area contributed by atoms with Crippen molar-refractivity contribution in [1.82, 2.24) is 5.32 Å². The van der Waals surface area contributed by atoms with Crippen molar-refractivity contribution in [3.63, 3.8) is 0 Å². The Kier molecular flexibility index (Phi) is 7.00. The van der Waals surface area contributed by atoms with Gasteiger partial charge in [-0.15, -0.1) is 0 Å². The Morgan fingerprint density at radius 1 is 1.15 bits per heavy atom. The molecule has 2 aromatic rings.